The van der Waals surface area contributed by atoms with Gasteiger partial charge in [0.1, 0.15) is 5.69 Å². The predicted molar refractivity (Wildman–Crippen MR) is 102 cm³/mol. The van der Waals surface area contributed by atoms with E-state index >= 15 is 0 Å². The van der Waals surface area contributed by atoms with Crippen LogP contribution in [0.15, 0.2) is 42.6 Å². The number of carbonyl (C=O) groups excluding carboxylic acids is 1. The Balaban J connectivity index is 1.65. The molecule has 4 heteroatoms. The van der Waals surface area contributed by atoms with Gasteiger partial charge in [0.15, 0.2) is 0 Å². The molecular formula is C21H27N3O. The van der Waals surface area contributed by atoms with E-state index in [1.807, 2.05) is 12.1 Å². The highest BCUT2D eigenvalue weighted by molar-refractivity contribution is 5.92. The molecule has 1 aromatic heterocycles. The summed E-state index contributed by atoms with van der Waals surface area (Å²) in [4.78, 5) is 16.7. The molecule has 1 aromatic carbocycles. The summed E-state index contributed by atoms with van der Waals surface area (Å²) in [7, 11) is 0. The van der Waals surface area contributed by atoms with Crippen LogP contribution in [0.1, 0.15) is 67.9 Å². The zero-order valence-electron chi connectivity index (χ0n) is 15.1. The third-order valence-corrected chi connectivity index (χ3v) is 4.80. The van der Waals surface area contributed by atoms with Crippen molar-refractivity contribution in [2.24, 2.45) is 0 Å². The van der Waals surface area contributed by atoms with Crippen molar-refractivity contribution in [3.05, 3.63) is 53.9 Å². The van der Waals surface area contributed by atoms with Gasteiger partial charge in [-0.05, 0) is 42.5 Å². The summed E-state index contributed by atoms with van der Waals surface area (Å²) < 4.78 is 0. The van der Waals surface area contributed by atoms with Gasteiger partial charge in [-0.15, -0.1) is 0 Å². The summed E-state index contributed by atoms with van der Waals surface area (Å²) in [6.07, 6.45) is 7.58. The Hall–Kier alpha value is -2.36. The van der Waals surface area contributed by atoms with E-state index in [4.69, 9.17) is 0 Å². The van der Waals surface area contributed by atoms with Crippen molar-refractivity contribution >= 4 is 17.3 Å². The maximum Gasteiger partial charge on any atom is 0.270 e. The van der Waals surface area contributed by atoms with Gasteiger partial charge in [-0.2, -0.15) is 0 Å². The second-order valence-electron chi connectivity index (χ2n) is 7.11. The Morgan fingerprint density at radius 1 is 1.08 bits per heavy atom. The molecule has 0 bridgehead atoms. The van der Waals surface area contributed by atoms with E-state index in [1.54, 1.807) is 12.3 Å². The summed E-state index contributed by atoms with van der Waals surface area (Å²) in [5, 5.41) is 6.51. The van der Waals surface area contributed by atoms with Gasteiger partial charge in [-0.25, -0.2) is 4.98 Å². The lowest BCUT2D eigenvalue weighted by molar-refractivity contribution is 0.0922. The first-order valence-electron chi connectivity index (χ1n) is 9.26. The zero-order valence-corrected chi connectivity index (χ0v) is 15.1. The van der Waals surface area contributed by atoms with E-state index in [1.165, 1.54) is 24.8 Å². The number of benzene rings is 1. The summed E-state index contributed by atoms with van der Waals surface area (Å²) in [5.41, 5.74) is 3.72. The Morgan fingerprint density at radius 3 is 2.52 bits per heavy atom. The van der Waals surface area contributed by atoms with Gasteiger partial charge in [0, 0.05) is 11.7 Å². The lowest BCUT2D eigenvalue weighted by Crippen LogP contribution is -2.36. The van der Waals surface area contributed by atoms with Gasteiger partial charge in [0.2, 0.25) is 0 Å². The minimum Gasteiger partial charge on any atom is -0.354 e. The quantitative estimate of drug-likeness (QED) is 0.806. The highest BCUT2D eigenvalue weighted by Gasteiger charge is 2.17. The zero-order chi connectivity index (χ0) is 17.6. The lowest BCUT2D eigenvalue weighted by atomic mass is 9.95. The molecule has 25 heavy (non-hydrogen) atoms. The van der Waals surface area contributed by atoms with Gasteiger partial charge in [0.25, 0.3) is 5.91 Å². The lowest BCUT2D eigenvalue weighted by Gasteiger charge is -2.22. The molecule has 4 nitrogen and oxygen atoms in total. The number of hydrogen-bond acceptors (Lipinski definition) is 3. The van der Waals surface area contributed by atoms with E-state index < -0.39 is 0 Å². The van der Waals surface area contributed by atoms with Gasteiger partial charge in [0.05, 0.1) is 11.9 Å². The van der Waals surface area contributed by atoms with Crippen molar-refractivity contribution < 1.29 is 4.79 Å². The molecule has 0 aliphatic heterocycles. The van der Waals surface area contributed by atoms with Crippen LogP contribution in [0.3, 0.4) is 0 Å². The monoisotopic (exact) mass is 337 g/mol. The maximum absolute atomic E-state index is 12.3. The maximum atomic E-state index is 12.3. The van der Waals surface area contributed by atoms with Crippen LogP contribution in [0.25, 0.3) is 0 Å². The van der Waals surface area contributed by atoms with Crippen LogP contribution in [0.5, 0.6) is 0 Å². The largest absolute Gasteiger partial charge is 0.354 e. The van der Waals surface area contributed by atoms with Crippen molar-refractivity contribution in [3.63, 3.8) is 0 Å². The fraction of sp³-hybridized carbons (Fsp3) is 0.429. The second kappa shape index (κ2) is 8.15. The smallest absolute Gasteiger partial charge is 0.270 e. The molecule has 132 valence electrons. The molecule has 1 heterocycles. The molecule has 1 aliphatic carbocycles. The number of rotatable bonds is 5. The Labute approximate surface area is 150 Å². The molecule has 0 spiro atoms. The molecule has 1 fully saturated rings. The van der Waals surface area contributed by atoms with E-state index in [0.717, 1.165) is 24.2 Å². The fourth-order valence-corrected chi connectivity index (χ4v) is 3.38. The van der Waals surface area contributed by atoms with Crippen LogP contribution in [0, 0.1) is 0 Å². The minimum atomic E-state index is -0.0685. The number of nitrogens with zero attached hydrogens (tertiary/aromatic N) is 1. The van der Waals surface area contributed by atoms with Crippen LogP contribution in [0.4, 0.5) is 11.4 Å². The van der Waals surface area contributed by atoms with Crippen LogP contribution >= 0.6 is 0 Å². The van der Waals surface area contributed by atoms with Crippen LogP contribution in [0.2, 0.25) is 0 Å². The number of amides is 1. The molecule has 2 aromatic rings. The number of nitrogens with one attached hydrogen (secondary N) is 2. The summed E-state index contributed by atoms with van der Waals surface area (Å²) in [5.74, 6) is 0.373. The van der Waals surface area contributed by atoms with E-state index in [0.29, 0.717) is 17.7 Å². The molecular weight excluding hydrogens is 310 g/mol. The van der Waals surface area contributed by atoms with Gasteiger partial charge in [-0.3, -0.25) is 4.79 Å². The number of aromatic nitrogens is 1. The molecule has 1 amide bonds. The number of para-hydroxylation sites is 1. The average Bonchev–Trinajstić information content (AvgIpc) is 2.63. The number of carbonyl (C=O) groups is 1. The van der Waals surface area contributed by atoms with E-state index in [-0.39, 0.29) is 5.91 Å². The summed E-state index contributed by atoms with van der Waals surface area (Å²) in [6, 6.07) is 12.3. The predicted octanol–water partition coefficient (Wildman–Crippen LogP) is 5.01. The summed E-state index contributed by atoms with van der Waals surface area (Å²) >= 11 is 0. The number of pyridine rings is 1. The van der Waals surface area contributed by atoms with E-state index in [2.05, 4.69) is 47.7 Å². The average molecular weight is 337 g/mol. The first kappa shape index (κ1) is 17.5. The van der Waals surface area contributed by atoms with Crippen LogP contribution < -0.4 is 10.6 Å². The third kappa shape index (κ3) is 4.59. The Bertz CT molecular complexity index is 703. The fourth-order valence-electron chi connectivity index (χ4n) is 3.38. The molecule has 1 aliphatic rings. The van der Waals surface area contributed by atoms with Crippen molar-refractivity contribution in [3.8, 4) is 0 Å². The highest BCUT2D eigenvalue weighted by atomic mass is 16.1. The highest BCUT2D eigenvalue weighted by Crippen LogP contribution is 2.26. The molecule has 3 rings (SSSR count). The molecule has 0 saturated heterocycles. The SMILES string of the molecule is CC(C)c1ccccc1Nc1ccc(C(=O)NC2CCCCC2)nc1. The van der Waals surface area contributed by atoms with Crippen LogP contribution in [-0.4, -0.2) is 16.9 Å². The third-order valence-electron chi connectivity index (χ3n) is 4.80. The van der Waals surface area contributed by atoms with Gasteiger partial charge < -0.3 is 10.6 Å². The minimum absolute atomic E-state index is 0.0685. The number of hydrogen-bond donors (Lipinski definition) is 2. The molecule has 0 unspecified atom stereocenters. The molecule has 2 N–H and O–H groups in total. The van der Waals surface area contributed by atoms with Gasteiger partial charge in [-0.1, -0.05) is 51.3 Å². The summed E-state index contributed by atoms with van der Waals surface area (Å²) in [6.45, 7) is 4.36. The van der Waals surface area contributed by atoms with Crippen molar-refractivity contribution in [1.82, 2.24) is 10.3 Å². The first-order valence-corrected chi connectivity index (χ1v) is 9.26. The number of anilines is 2. The van der Waals surface area contributed by atoms with E-state index in [9.17, 15) is 4.79 Å². The Kier molecular flexibility index (Phi) is 5.69. The van der Waals surface area contributed by atoms with Gasteiger partial charge >= 0.3 is 0 Å². The first-order chi connectivity index (χ1) is 12.1. The second-order valence-corrected chi connectivity index (χ2v) is 7.11. The van der Waals surface area contributed by atoms with Crippen molar-refractivity contribution in [2.45, 2.75) is 57.9 Å². The molecule has 0 radical (unpaired) electrons. The topological polar surface area (TPSA) is 54.0 Å². The normalized spacial score (nSPS) is 15.2. The van der Waals surface area contributed by atoms with Crippen molar-refractivity contribution in [1.29, 1.82) is 0 Å². The standard InChI is InChI=1S/C21H27N3O/c1-15(2)18-10-6-7-11-19(18)23-17-12-13-20(22-14-17)21(25)24-16-8-4-3-5-9-16/h6-7,10-16,23H,3-5,8-9H2,1-2H3,(H,24,25). The van der Waals surface area contributed by atoms with Crippen LogP contribution in [-0.2, 0) is 0 Å². The van der Waals surface area contributed by atoms with Crippen molar-refractivity contribution in [2.75, 3.05) is 5.32 Å². The molecule has 0 atom stereocenters. The molecule has 1 saturated carbocycles. The Morgan fingerprint density at radius 2 is 1.84 bits per heavy atom.